The minimum Gasteiger partial charge on any atom is -0.399 e. The molecule has 1 heterocycles. The molecular formula is C15H20ClN3O2. The predicted octanol–water partition coefficient (Wildman–Crippen LogP) is 2.65. The van der Waals surface area contributed by atoms with Gasteiger partial charge in [0, 0.05) is 18.7 Å². The van der Waals surface area contributed by atoms with Gasteiger partial charge in [-0.15, -0.1) is 0 Å². The number of hydrogen-bond acceptors (Lipinski definition) is 3. The van der Waals surface area contributed by atoms with Gasteiger partial charge in [-0.2, -0.15) is 0 Å². The van der Waals surface area contributed by atoms with Gasteiger partial charge in [0.25, 0.3) is 0 Å². The fraction of sp³-hybridized carbons (Fsp3) is 0.467. The van der Waals surface area contributed by atoms with Crippen LogP contribution >= 0.6 is 11.6 Å². The van der Waals surface area contributed by atoms with Crippen LogP contribution in [0.15, 0.2) is 18.2 Å². The van der Waals surface area contributed by atoms with E-state index >= 15 is 0 Å². The number of hydrogen-bond donors (Lipinski definition) is 2. The van der Waals surface area contributed by atoms with E-state index in [0.717, 1.165) is 25.7 Å². The van der Waals surface area contributed by atoms with E-state index in [2.05, 4.69) is 5.32 Å². The summed E-state index contributed by atoms with van der Waals surface area (Å²) in [6.07, 6.45) is 4.57. The van der Waals surface area contributed by atoms with Crippen LogP contribution in [0.5, 0.6) is 0 Å². The Bertz CT molecular complexity index is 534. The molecule has 1 aromatic rings. The van der Waals surface area contributed by atoms with Crippen molar-refractivity contribution < 1.29 is 9.59 Å². The van der Waals surface area contributed by atoms with Gasteiger partial charge in [0.2, 0.25) is 11.8 Å². The molecule has 0 bridgehead atoms. The molecule has 1 aromatic carbocycles. The zero-order chi connectivity index (χ0) is 15.2. The summed E-state index contributed by atoms with van der Waals surface area (Å²) in [5.41, 5.74) is 6.66. The lowest BCUT2D eigenvalue weighted by Crippen LogP contribution is -2.39. The van der Waals surface area contributed by atoms with Crippen molar-refractivity contribution in [2.45, 2.75) is 32.1 Å². The topological polar surface area (TPSA) is 75.4 Å². The first-order valence-electron chi connectivity index (χ1n) is 7.19. The molecule has 1 aliphatic rings. The highest BCUT2D eigenvalue weighted by Gasteiger charge is 2.18. The number of nitrogen functional groups attached to an aromatic ring is 1. The number of rotatable bonds is 3. The maximum absolute atomic E-state index is 12.1. The second-order valence-electron chi connectivity index (χ2n) is 5.27. The Labute approximate surface area is 129 Å². The molecule has 3 N–H and O–H groups in total. The number of likely N-dealkylation sites (tertiary alicyclic amines) is 1. The molecule has 0 aliphatic carbocycles. The average Bonchev–Trinajstić information content (AvgIpc) is 2.42. The van der Waals surface area contributed by atoms with Crippen molar-refractivity contribution >= 4 is 34.8 Å². The Balaban J connectivity index is 1.95. The van der Waals surface area contributed by atoms with Gasteiger partial charge >= 0.3 is 0 Å². The summed E-state index contributed by atoms with van der Waals surface area (Å²) in [6, 6.07) is 4.91. The molecule has 6 heteroatoms. The average molecular weight is 310 g/mol. The van der Waals surface area contributed by atoms with Crippen molar-refractivity contribution in [3.05, 3.63) is 23.2 Å². The van der Waals surface area contributed by atoms with Crippen molar-refractivity contribution in [1.82, 2.24) is 4.90 Å². The van der Waals surface area contributed by atoms with Gasteiger partial charge in [-0.25, -0.2) is 0 Å². The maximum atomic E-state index is 12.1. The van der Waals surface area contributed by atoms with Crippen LogP contribution in [0.4, 0.5) is 11.4 Å². The number of amides is 2. The Morgan fingerprint density at radius 3 is 2.81 bits per heavy atom. The minimum absolute atomic E-state index is 0.0493. The van der Waals surface area contributed by atoms with E-state index in [-0.39, 0.29) is 18.4 Å². The lowest BCUT2D eigenvalue weighted by atomic mass is 10.1. The summed E-state index contributed by atoms with van der Waals surface area (Å²) >= 11 is 6.02. The second kappa shape index (κ2) is 7.31. The Kier molecular flexibility index (Phi) is 5.44. The number of carbonyl (C=O) groups is 2. The molecule has 0 aromatic heterocycles. The summed E-state index contributed by atoms with van der Waals surface area (Å²) in [7, 11) is 0. The van der Waals surface area contributed by atoms with Crippen molar-refractivity contribution in [2.75, 3.05) is 24.1 Å². The van der Waals surface area contributed by atoms with Gasteiger partial charge in [0.05, 0.1) is 17.3 Å². The molecule has 1 fully saturated rings. The first kappa shape index (κ1) is 15.6. The van der Waals surface area contributed by atoms with E-state index in [1.807, 2.05) is 0 Å². The van der Waals surface area contributed by atoms with Crippen LogP contribution in [-0.2, 0) is 9.59 Å². The number of anilines is 2. The second-order valence-corrected chi connectivity index (χ2v) is 5.67. The summed E-state index contributed by atoms with van der Waals surface area (Å²) in [5.74, 6) is -0.191. The largest absolute Gasteiger partial charge is 0.399 e. The first-order valence-corrected chi connectivity index (χ1v) is 7.57. The van der Waals surface area contributed by atoms with E-state index < -0.39 is 0 Å². The molecule has 0 atom stereocenters. The lowest BCUT2D eigenvalue weighted by Gasteiger charge is -2.24. The van der Waals surface area contributed by atoms with Crippen LogP contribution < -0.4 is 11.1 Å². The smallest absolute Gasteiger partial charge is 0.244 e. The van der Waals surface area contributed by atoms with Gasteiger partial charge in [-0.05, 0) is 31.0 Å². The number of nitrogens with one attached hydrogen (secondary N) is 1. The number of halogens is 1. The summed E-state index contributed by atoms with van der Waals surface area (Å²) in [4.78, 5) is 25.7. The van der Waals surface area contributed by atoms with E-state index in [9.17, 15) is 9.59 Å². The van der Waals surface area contributed by atoms with E-state index in [4.69, 9.17) is 17.3 Å². The fourth-order valence-electron chi connectivity index (χ4n) is 2.38. The fourth-order valence-corrected chi connectivity index (χ4v) is 2.61. The van der Waals surface area contributed by atoms with Gasteiger partial charge in [-0.1, -0.05) is 24.4 Å². The predicted molar refractivity (Wildman–Crippen MR) is 84.2 cm³/mol. The zero-order valence-corrected chi connectivity index (χ0v) is 12.7. The van der Waals surface area contributed by atoms with Gasteiger partial charge < -0.3 is 16.0 Å². The summed E-state index contributed by atoms with van der Waals surface area (Å²) in [5, 5.41) is 3.11. The number of nitrogens with zero attached hydrogens (tertiary/aromatic N) is 1. The molecule has 0 saturated carbocycles. The molecule has 1 aliphatic heterocycles. The van der Waals surface area contributed by atoms with Crippen LogP contribution in [0.2, 0.25) is 5.02 Å². The van der Waals surface area contributed by atoms with Gasteiger partial charge in [0.1, 0.15) is 0 Å². The van der Waals surface area contributed by atoms with Crippen LogP contribution in [0.1, 0.15) is 32.1 Å². The van der Waals surface area contributed by atoms with Crippen LogP contribution in [0.25, 0.3) is 0 Å². The molecule has 114 valence electrons. The van der Waals surface area contributed by atoms with Crippen molar-refractivity contribution in [3.63, 3.8) is 0 Å². The quantitative estimate of drug-likeness (QED) is 0.843. The Hall–Kier alpha value is -1.75. The standard InChI is InChI=1S/C15H20ClN3O2/c16-12-9-11(17)6-7-13(12)18-14(20)10-19-8-4-2-1-3-5-15(19)21/h6-7,9H,1-5,8,10,17H2,(H,18,20). The third-order valence-corrected chi connectivity index (χ3v) is 3.84. The highest BCUT2D eigenvalue weighted by Crippen LogP contribution is 2.24. The van der Waals surface area contributed by atoms with Crippen LogP contribution in [-0.4, -0.2) is 29.8 Å². The van der Waals surface area contributed by atoms with Crippen molar-refractivity contribution in [1.29, 1.82) is 0 Å². The maximum Gasteiger partial charge on any atom is 0.244 e. The monoisotopic (exact) mass is 309 g/mol. The SMILES string of the molecule is Nc1ccc(NC(=O)CN2CCCCCCC2=O)c(Cl)c1. The molecule has 1 saturated heterocycles. The summed E-state index contributed by atoms with van der Waals surface area (Å²) in [6.45, 7) is 0.710. The molecular weight excluding hydrogens is 290 g/mol. The Morgan fingerprint density at radius 2 is 2.05 bits per heavy atom. The Morgan fingerprint density at radius 1 is 1.29 bits per heavy atom. The van der Waals surface area contributed by atoms with E-state index in [1.165, 1.54) is 0 Å². The zero-order valence-electron chi connectivity index (χ0n) is 11.9. The highest BCUT2D eigenvalue weighted by molar-refractivity contribution is 6.34. The molecule has 0 unspecified atom stereocenters. The molecule has 5 nitrogen and oxygen atoms in total. The first-order chi connectivity index (χ1) is 10.1. The summed E-state index contributed by atoms with van der Waals surface area (Å²) < 4.78 is 0. The third-order valence-electron chi connectivity index (χ3n) is 3.52. The molecule has 0 radical (unpaired) electrons. The van der Waals surface area contributed by atoms with E-state index in [1.54, 1.807) is 23.1 Å². The molecule has 2 amide bonds. The van der Waals surface area contributed by atoms with Crippen LogP contribution in [0, 0.1) is 0 Å². The van der Waals surface area contributed by atoms with Gasteiger partial charge in [0.15, 0.2) is 0 Å². The minimum atomic E-state index is -0.240. The van der Waals surface area contributed by atoms with Crippen molar-refractivity contribution in [3.8, 4) is 0 Å². The normalized spacial score (nSPS) is 16.2. The van der Waals surface area contributed by atoms with Crippen LogP contribution in [0.3, 0.4) is 0 Å². The number of nitrogens with two attached hydrogens (primary N) is 1. The number of benzene rings is 1. The molecule has 0 spiro atoms. The lowest BCUT2D eigenvalue weighted by molar-refractivity contribution is -0.135. The number of carbonyl (C=O) groups excluding carboxylic acids is 2. The highest BCUT2D eigenvalue weighted by atomic mass is 35.5. The van der Waals surface area contributed by atoms with E-state index in [0.29, 0.717) is 29.4 Å². The molecule has 2 rings (SSSR count). The van der Waals surface area contributed by atoms with Crippen molar-refractivity contribution in [2.24, 2.45) is 0 Å². The molecule has 21 heavy (non-hydrogen) atoms. The third kappa shape index (κ3) is 4.63. The van der Waals surface area contributed by atoms with Gasteiger partial charge in [-0.3, -0.25) is 9.59 Å².